The van der Waals surface area contributed by atoms with Crippen molar-refractivity contribution in [3.63, 3.8) is 0 Å². The van der Waals surface area contributed by atoms with Crippen LogP contribution in [0.2, 0.25) is 0 Å². The first kappa shape index (κ1) is 26.9. The number of carbonyl (C=O) groups is 2. The number of benzene rings is 5. The van der Waals surface area contributed by atoms with Gasteiger partial charge in [0.2, 0.25) is 0 Å². The fourth-order valence-electron chi connectivity index (χ4n) is 4.26. The molecule has 0 saturated heterocycles. The van der Waals surface area contributed by atoms with Crippen LogP contribution in [0, 0.1) is 0 Å². The Bertz CT molecular complexity index is 1770. The zero-order valence-corrected chi connectivity index (χ0v) is 22.3. The lowest BCUT2D eigenvalue weighted by molar-refractivity contribution is 0.101. The molecule has 0 aliphatic carbocycles. The van der Waals surface area contributed by atoms with Crippen LogP contribution in [0.1, 0.15) is 20.7 Å². The highest BCUT2D eigenvalue weighted by molar-refractivity contribution is 6.12. The number of hydrogen-bond acceptors (Lipinski definition) is 7. The summed E-state index contributed by atoms with van der Waals surface area (Å²) in [5.41, 5.74) is 1.70. The van der Waals surface area contributed by atoms with Crippen molar-refractivity contribution in [3.05, 3.63) is 114 Å². The van der Waals surface area contributed by atoms with Gasteiger partial charge in [0.1, 0.15) is 17.2 Å². The van der Waals surface area contributed by atoms with Gasteiger partial charge in [-0.1, -0.05) is 48.5 Å². The van der Waals surface area contributed by atoms with Crippen molar-refractivity contribution < 1.29 is 24.2 Å². The molecular weight excluding hydrogens is 520 g/mol. The number of hydrogen-bond donors (Lipinski definition) is 3. The molecule has 0 aromatic heterocycles. The molecule has 5 rings (SSSR count). The fraction of sp³-hybridized carbons (Fsp3) is 0.0625. The third-order valence-corrected chi connectivity index (χ3v) is 6.35. The molecule has 3 N–H and O–H groups in total. The van der Waals surface area contributed by atoms with E-state index in [9.17, 15) is 14.7 Å². The van der Waals surface area contributed by atoms with Crippen LogP contribution in [0.3, 0.4) is 0 Å². The molecule has 0 bridgehead atoms. The van der Waals surface area contributed by atoms with Crippen molar-refractivity contribution >= 4 is 45.3 Å². The Balaban J connectivity index is 1.49. The van der Waals surface area contributed by atoms with Gasteiger partial charge in [-0.2, -0.15) is 0 Å². The van der Waals surface area contributed by atoms with Crippen molar-refractivity contribution in [2.75, 3.05) is 24.9 Å². The SMILES string of the molecule is COc1ccc(NC(=O)c2cc3ccccc3c(N=Nc3ccccc3C(=O)Nc3ccccc3OC)c2O)cc1. The Kier molecular flexibility index (Phi) is 7.87. The summed E-state index contributed by atoms with van der Waals surface area (Å²) in [6.45, 7) is 0. The summed E-state index contributed by atoms with van der Waals surface area (Å²) in [5.74, 6) is -0.108. The number of methoxy groups -OCH3 is 2. The number of phenolic OH excluding ortho intramolecular Hbond substituents is 1. The van der Waals surface area contributed by atoms with Gasteiger partial charge in [-0.05, 0) is 60.0 Å². The minimum absolute atomic E-state index is 0.0238. The van der Waals surface area contributed by atoms with Crippen molar-refractivity contribution in [1.29, 1.82) is 0 Å². The number of rotatable bonds is 8. The number of carbonyl (C=O) groups excluding carboxylic acids is 2. The summed E-state index contributed by atoms with van der Waals surface area (Å²) >= 11 is 0. The Labute approximate surface area is 236 Å². The van der Waals surface area contributed by atoms with E-state index in [2.05, 4.69) is 20.9 Å². The van der Waals surface area contributed by atoms with Crippen molar-refractivity contribution in [1.82, 2.24) is 0 Å². The second-order valence-electron chi connectivity index (χ2n) is 8.90. The lowest BCUT2D eigenvalue weighted by Gasteiger charge is -2.12. The van der Waals surface area contributed by atoms with Gasteiger partial charge < -0.3 is 25.2 Å². The summed E-state index contributed by atoms with van der Waals surface area (Å²) in [7, 11) is 3.08. The highest BCUT2D eigenvalue weighted by atomic mass is 16.5. The molecule has 0 aliphatic heterocycles. The van der Waals surface area contributed by atoms with Gasteiger partial charge >= 0.3 is 0 Å². The largest absolute Gasteiger partial charge is 0.505 e. The zero-order valence-electron chi connectivity index (χ0n) is 22.3. The predicted molar refractivity (Wildman–Crippen MR) is 158 cm³/mol. The van der Waals surface area contributed by atoms with E-state index in [1.165, 1.54) is 7.11 Å². The molecule has 0 radical (unpaired) electrons. The van der Waals surface area contributed by atoms with Crippen LogP contribution in [0.15, 0.2) is 113 Å². The average Bonchev–Trinajstić information content (AvgIpc) is 3.01. The Morgan fingerprint density at radius 1 is 0.707 bits per heavy atom. The van der Waals surface area contributed by atoms with E-state index in [4.69, 9.17) is 9.47 Å². The molecule has 2 amide bonds. The van der Waals surface area contributed by atoms with Crippen LogP contribution in [0.25, 0.3) is 10.8 Å². The van der Waals surface area contributed by atoms with Crippen LogP contribution in [-0.2, 0) is 0 Å². The van der Waals surface area contributed by atoms with E-state index in [0.29, 0.717) is 33.6 Å². The maximum Gasteiger partial charge on any atom is 0.259 e. The first-order valence-corrected chi connectivity index (χ1v) is 12.6. The van der Waals surface area contributed by atoms with Crippen LogP contribution in [-0.4, -0.2) is 31.1 Å². The van der Waals surface area contributed by atoms with Crippen LogP contribution < -0.4 is 20.1 Å². The molecule has 0 spiro atoms. The smallest absolute Gasteiger partial charge is 0.259 e. The molecule has 9 nitrogen and oxygen atoms in total. The minimum Gasteiger partial charge on any atom is -0.505 e. The summed E-state index contributed by atoms with van der Waals surface area (Å²) in [4.78, 5) is 26.4. The summed E-state index contributed by atoms with van der Waals surface area (Å²) < 4.78 is 10.5. The third kappa shape index (κ3) is 5.84. The molecule has 0 saturated carbocycles. The molecule has 5 aromatic rings. The van der Waals surface area contributed by atoms with Gasteiger partial charge in [-0.25, -0.2) is 0 Å². The first-order chi connectivity index (χ1) is 20.0. The highest BCUT2D eigenvalue weighted by Gasteiger charge is 2.19. The van der Waals surface area contributed by atoms with Gasteiger partial charge in [0.25, 0.3) is 11.8 Å². The van der Waals surface area contributed by atoms with Crippen LogP contribution in [0.5, 0.6) is 17.2 Å². The van der Waals surface area contributed by atoms with Crippen molar-refractivity contribution in [2.45, 2.75) is 0 Å². The van der Waals surface area contributed by atoms with E-state index in [-0.39, 0.29) is 28.3 Å². The standard InChI is InChI=1S/C32H26N4O5/c1-40-22-17-15-21(16-18-22)33-32(39)25-19-20-9-3-4-10-23(20)29(30(25)37)36-35-26-12-6-5-11-24(26)31(38)34-27-13-7-8-14-28(27)41-2/h3-19,37H,1-2H3,(H,33,39)(H,34,38). The number of azo groups is 1. The Hall–Kier alpha value is -5.70. The number of anilines is 2. The number of aromatic hydroxyl groups is 1. The van der Waals surface area contributed by atoms with E-state index in [0.717, 1.165) is 0 Å². The molecule has 0 heterocycles. The second kappa shape index (κ2) is 12.0. The number of amides is 2. The summed E-state index contributed by atoms with van der Waals surface area (Å²) in [6, 6.07) is 29.4. The number of phenols is 1. The van der Waals surface area contributed by atoms with Crippen molar-refractivity contribution in [2.24, 2.45) is 10.2 Å². The number of nitrogens with zero attached hydrogens (tertiary/aromatic N) is 2. The molecule has 0 aliphatic rings. The monoisotopic (exact) mass is 546 g/mol. The summed E-state index contributed by atoms with van der Waals surface area (Å²) in [6.07, 6.45) is 0. The lowest BCUT2D eigenvalue weighted by atomic mass is 10.0. The third-order valence-electron chi connectivity index (χ3n) is 6.35. The molecule has 0 fully saturated rings. The molecule has 0 atom stereocenters. The second-order valence-corrected chi connectivity index (χ2v) is 8.90. The zero-order chi connectivity index (χ0) is 28.8. The van der Waals surface area contributed by atoms with E-state index in [1.54, 1.807) is 98.1 Å². The normalized spacial score (nSPS) is 10.9. The van der Waals surface area contributed by atoms with E-state index >= 15 is 0 Å². The molecule has 41 heavy (non-hydrogen) atoms. The number of para-hydroxylation sites is 2. The van der Waals surface area contributed by atoms with Gasteiger partial charge in [0.15, 0.2) is 5.75 Å². The number of nitrogens with one attached hydrogen (secondary N) is 2. The van der Waals surface area contributed by atoms with Gasteiger partial charge in [-0.15, -0.1) is 10.2 Å². The quantitative estimate of drug-likeness (QED) is 0.174. The first-order valence-electron chi connectivity index (χ1n) is 12.6. The van der Waals surface area contributed by atoms with Crippen LogP contribution >= 0.6 is 0 Å². The lowest BCUT2D eigenvalue weighted by Crippen LogP contribution is -2.12. The van der Waals surface area contributed by atoms with E-state index < -0.39 is 11.8 Å². The summed E-state index contributed by atoms with van der Waals surface area (Å²) in [5, 5.41) is 26.7. The molecule has 0 unspecified atom stereocenters. The predicted octanol–water partition coefficient (Wildman–Crippen LogP) is 7.48. The Morgan fingerprint density at radius 2 is 1.39 bits per heavy atom. The fourth-order valence-corrected chi connectivity index (χ4v) is 4.26. The molecule has 5 aromatic carbocycles. The highest BCUT2D eigenvalue weighted by Crippen LogP contribution is 2.40. The molecule has 204 valence electrons. The maximum atomic E-state index is 13.2. The number of fused-ring (bicyclic) bond motifs is 1. The van der Waals surface area contributed by atoms with Gasteiger partial charge in [0, 0.05) is 11.1 Å². The molecule has 9 heteroatoms. The maximum absolute atomic E-state index is 13.2. The van der Waals surface area contributed by atoms with Crippen molar-refractivity contribution in [3.8, 4) is 17.2 Å². The average molecular weight is 547 g/mol. The molecular formula is C32H26N4O5. The van der Waals surface area contributed by atoms with Gasteiger partial charge in [-0.3, -0.25) is 9.59 Å². The van der Waals surface area contributed by atoms with E-state index in [1.807, 2.05) is 12.1 Å². The minimum atomic E-state index is -0.522. The number of ether oxygens (including phenoxy) is 2. The van der Waals surface area contributed by atoms with Gasteiger partial charge in [0.05, 0.1) is 36.7 Å². The topological polar surface area (TPSA) is 122 Å². The van der Waals surface area contributed by atoms with Crippen LogP contribution in [0.4, 0.5) is 22.7 Å². The Morgan fingerprint density at radius 3 is 2.17 bits per heavy atom.